The van der Waals surface area contributed by atoms with Gasteiger partial charge in [-0.15, -0.1) is 0 Å². The molecule has 5 heteroatoms. The van der Waals surface area contributed by atoms with Crippen molar-refractivity contribution < 1.29 is 9.59 Å². The maximum absolute atomic E-state index is 13.8. The minimum atomic E-state index is -0.545. The van der Waals surface area contributed by atoms with Crippen molar-refractivity contribution in [3.8, 4) is 11.1 Å². The average molecular weight is 446 g/mol. The van der Waals surface area contributed by atoms with Crippen LogP contribution >= 0.6 is 0 Å². The number of hydrogen-bond donors (Lipinski definition) is 0. The van der Waals surface area contributed by atoms with E-state index in [1.807, 2.05) is 35.9 Å². The standard InChI is InChI=1S/C28H35N3O2/c1-3-30(4-2)26(33)28(13-15-31(20-28)25(32)24-18-27(24)11-7-12-27)17-21-8-5-9-22(16-21)23-10-6-14-29-19-23/h5-6,8-10,14,16,19,24H,3-4,7,11-13,15,17-18,20H2,1-2H3/t24-,28+/m1/s1. The third-order valence-corrected chi connectivity index (χ3v) is 8.47. The minimum Gasteiger partial charge on any atom is -0.343 e. The fourth-order valence-corrected chi connectivity index (χ4v) is 6.19. The Morgan fingerprint density at radius 3 is 2.52 bits per heavy atom. The molecule has 2 saturated carbocycles. The quantitative estimate of drug-likeness (QED) is 0.627. The van der Waals surface area contributed by atoms with Crippen LogP contribution in [0.3, 0.4) is 0 Å². The lowest BCUT2D eigenvalue weighted by Gasteiger charge is -2.34. The van der Waals surface area contributed by atoms with Gasteiger partial charge in [-0.25, -0.2) is 0 Å². The van der Waals surface area contributed by atoms with Crippen molar-refractivity contribution in [3.05, 3.63) is 54.4 Å². The van der Waals surface area contributed by atoms with Crippen molar-refractivity contribution in [2.75, 3.05) is 26.2 Å². The maximum atomic E-state index is 13.8. The van der Waals surface area contributed by atoms with Crippen LogP contribution in [0.15, 0.2) is 48.8 Å². The highest BCUT2D eigenvalue weighted by atomic mass is 16.2. The molecule has 3 aliphatic rings. The van der Waals surface area contributed by atoms with Gasteiger partial charge in [0.2, 0.25) is 11.8 Å². The van der Waals surface area contributed by atoms with Gasteiger partial charge in [0.05, 0.1) is 5.41 Å². The Hall–Kier alpha value is -2.69. The number of amides is 2. The maximum Gasteiger partial charge on any atom is 0.230 e. The van der Waals surface area contributed by atoms with E-state index in [0.717, 1.165) is 29.5 Å². The van der Waals surface area contributed by atoms with E-state index in [1.165, 1.54) is 19.3 Å². The summed E-state index contributed by atoms with van der Waals surface area (Å²) in [7, 11) is 0. The van der Waals surface area contributed by atoms with Gasteiger partial charge in [-0.3, -0.25) is 14.6 Å². The first-order valence-electron chi connectivity index (χ1n) is 12.6. The number of pyridine rings is 1. The molecule has 33 heavy (non-hydrogen) atoms. The van der Waals surface area contributed by atoms with Crippen molar-refractivity contribution in [1.82, 2.24) is 14.8 Å². The van der Waals surface area contributed by atoms with Gasteiger partial charge in [-0.1, -0.05) is 36.8 Å². The van der Waals surface area contributed by atoms with Crippen LogP contribution < -0.4 is 0 Å². The van der Waals surface area contributed by atoms with Crippen LogP contribution in [0.1, 0.15) is 51.5 Å². The smallest absolute Gasteiger partial charge is 0.230 e. The third kappa shape index (κ3) is 3.96. The van der Waals surface area contributed by atoms with Gasteiger partial charge >= 0.3 is 0 Å². The van der Waals surface area contributed by atoms with Crippen LogP contribution in [-0.4, -0.2) is 52.8 Å². The molecule has 2 heterocycles. The van der Waals surface area contributed by atoms with Gasteiger partial charge in [0.1, 0.15) is 0 Å². The molecule has 1 spiro atoms. The normalized spacial score (nSPS) is 25.0. The summed E-state index contributed by atoms with van der Waals surface area (Å²) in [5.74, 6) is 0.705. The average Bonchev–Trinajstić information content (AvgIpc) is 3.47. The fourth-order valence-electron chi connectivity index (χ4n) is 6.19. The number of carbonyl (C=O) groups excluding carboxylic acids is 2. The van der Waals surface area contributed by atoms with E-state index in [0.29, 0.717) is 43.9 Å². The van der Waals surface area contributed by atoms with Crippen LogP contribution in [0.4, 0.5) is 0 Å². The fraction of sp³-hybridized carbons (Fsp3) is 0.536. The number of aromatic nitrogens is 1. The van der Waals surface area contributed by atoms with Gasteiger partial charge in [-0.2, -0.15) is 0 Å². The summed E-state index contributed by atoms with van der Waals surface area (Å²) < 4.78 is 0. The number of likely N-dealkylation sites (tertiary alicyclic amines) is 1. The third-order valence-electron chi connectivity index (χ3n) is 8.47. The Morgan fingerprint density at radius 2 is 1.88 bits per heavy atom. The van der Waals surface area contributed by atoms with Crippen molar-refractivity contribution in [1.29, 1.82) is 0 Å². The van der Waals surface area contributed by atoms with E-state index < -0.39 is 5.41 Å². The molecule has 1 aromatic carbocycles. The van der Waals surface area contributed by atoms with E-state index in [4.69, 9.17) is 0 Å². The van der Waals surface area contributed by atoms with E-state index in [-0.39, 0.29) is 11.8 Å². The second-order valence-electron chi connectivity index (χ2n) is 10.4. The monoisotopic (exact) mass is 445 g/mol. The van der Waals surface area contributed by atoms with E-state index in [1.54, 1.807) is 6.20 Å². The number of benzene rings is 1. The van der Waals surface area contributed by atoms with Crippen molar-refractivity contribution in [2.24, 2.45) is 16.7 Å². The lowest BCUT2D eigenvalue weighted by atomic mass is 9.78. The van der Waals surface area contributed by atoms with Crippen LogP contribution in [-0.2, 0) is 16.0 Å². The highest BCUT2D eigenvalue weighted by molar-refractivity contribution is 5.88. The number of hydrogen-bond acceptors (Lipinski definition) is 3. The zero-order valence-electron chi connectivity index (χ0n) is 19.9. The Morgan fingerprint density at radius 1 is 1.09 bits per heavy atom. The largest absolute Gasteiger partial charge is 0.343 e. The van der Waals surface area contributed by atoms with Crippen molar-refractivity contribution in [3.63, 3.8) is 0 Å². The molecule has 0 unspecified atom stereocenters. The topological polar surface area (TPSA) is 53.5 Å². The molecule has 2 amide bonds. The van der Waals surface area contributed by atoms with Crippen molar-refractivity contribution in [2.45, 2.75) is 52.4 Å². The summed E-state index contributed by atoms with van der Waals surface area (Å²) in [5, 5.41) is 0. The molecule has 0 bridgehead atoms. The lowest BCUT2D eigenvalue weighted by Crippen LogP contribution is -2.47. The summed E-state index contributed by atoms with van der Waals surface area (Å²) in [6.07, 6.45) is 9.80. The number of carbonyl (C=O) groups is 2. The van der Waals surface area contributed by atoms with Crippen LogP contribution in [0.5, 0.6) is 0 Å². The molecule has 1 aliphatic heterocycles. The van der Waals surface area contributed by atoms with Gasteiger partial charge in [0.25, 0.3) is 0 Å². The molecule has 2 atom stereocenters. The van der Waals surface area contributed by atoms with Crippen molar-refractivity contribution >= 4 is 11.8 Å². The SMILES string of the molecule is CCN(CC)C(=O)[C@]1(Cc2cccc(-c3cccnc3)c2)CCN(C(=O)[C@H]2CC23CCC3)C1. The molecular weight excluding hydrogens is 410 g/mol. The van der Waals surface area contributed by atoms with Gasteiger partial charge in [-0.05, 0) is 74.1 Å². The summed E-state index contributed by atoms with van der Waals surface area (Å²) in [6.45, 7) is 6.73. The van der Waals surface area contributed by atoms with Gasteiger partial charge in [0.15, 0.2) is 0 Å². The molecule has 3 fully saturated rings. The molecule has 2 aliphatic carbocycles. The minimum absolute atomic E-state index is 0.198. The van der Waals surface area contributed by atoms with Crippen LogP contribution in [0, 0.1) is 16.7 Å². The molecule has 1 saturated heterocycles. The second-order valence-corrected chi connectivity index (χ2v) is 10.4. The summed E-state index contributed by atoms with van der Waals surface area (Å²) in [4.78, 5) is 35.4. The molecule has 2 aromatic rings. The Kier molecular flexibility index (Phi) is 5.75. The molecule has 1 aromatic heterocycles. The Labute approximate surface area is 197 Å². The first-order chi connectivity index (χ1) is 16.0. The highest BCUT2D eigenvalue weighted by Gasteiger charge is 2.62. The van der Waals surface area contributed by atoms with Crippen LogP contribution in [0.25, 0.3) is 11.1 Å². The van der Waals surface area contributed by atoms with Crippen LogP contribution in [0.2, 0.25) is 0 Å². The predicted molar refractivity (Wildman–Crippen MR) is 129 cm³/mol. The predicted octanol–water partition coefficient (Wildman–Crippen LogP) is 4.57. The molecule has 5 nitrogen and oxygen atoms in total. The lowest BCUT2D eigenvalue weighted by molar-refractivity contribution is -0.142. The Balaban J connectivity index is 1.40. The number of nitrogens with zero attached hydrogens (tertiary/aromatic N) is 3. The second kappa shape index (κ2) is 8.58. The molecule has 0 radical (unpaired) electrons. The first kappa shape index (κ1) is 22.1. The van der Waals surface area contributed by atoms with Gasteiger partial charge in [0, 0.05) is 44.5 Å². The van der Waals surface area contributed by atoms with Gasteiger partial charge < -0.3 is 9.80 Å². The van der Waals surface area contributed by atoms with E-state index in [9.17, 15) is 9.59 Å². The number of rotatable bonds is 7. The Bertz CT molecular complexity index is 1030. The first-order valence-corrected chi connectivity index (χ1v) is 12.6. The summed E-state index contributed by atoms with van der Waals surface area (Å²) in [5.41, 5.74) is 3.11. The highest BCUT2D eigenvalue weighted by Crippen LogP contribution is 2.66. The summed E-state index contributed by atoms with van der Waals surface area (Å²) in [6, 6.07) is 12.5. The molecule has 5 rings (SSSR count). The van der Waals surface area contributed by atoms with E-state index in [2.05, 4.69) is 35.3 Å². The molecule has 174 valence electrons. The van der Waals surface area contributed by atoms with E-state index >= 15 is 0 Å². The zero-order valence-corrected chi connectivity index (χ0v) is 19.9. The molecular formula is C28H35N3O2. The zero-order chi connectivity index (χ0) is 23.1. The molecule has 0 N–H and O–H groups in total. The summed E-state index contributed by atoms with van der Waals surface area (Å²) >= 11 is 0.